The van der Waals surface area contributed by atoms with E-state index in [1.54, 1.807) is 0 Å². The van der Waals surface area contributed by atoms with Gasteiger partial charge in [-0.25, -0.2) is 0 Å². The second-order valence-corrected chi connectivity index (χ2v) is 8.15. The summed E-state index contributed by atoms with van der Waals surface area (Å²) in [4.78, 5) is 16.6. The Morgan fingerprint density at radius 1 is 0.968 bits per heavy atom. The summed E-state index contributed by atoms with van der Waals surface area (Å²) in [7, 11) is 2.07. The Labute approximate surface area is 182 Å². The summed E-state index contributed by atoms with van der Waals surface area (Å²) in [5, 5.41) is 3.38. The van der Waals surface area contributed by atoms with Crippen LogP contribution in [0.2, 0.25) is 0 Å². The minimum atomic E-state index is -4.32. The molecule has 1 amide bonds. The molecule has 2 aromatic carbocycles. The molecule has 0 aromatic heterocycles. The average molecular weight is 434 g/mol. The van der Waals surface area contributed by atoms with Crippen molar-refractivity contribution >= 4 is 5.91 Å². The Morgan fingerprint density at radius 2 is 1.52 bits per heavy atom. The van der Waals surface area contributed by atoms with Gasteiger partial charge in [0.05, 0.1) is 12.1 Å². The molecule has 1 N–H and O–H groups in total. The van der Waals surface area contributed by atoms with E-state index in [-0.39, 0.29) is 11.9 Å². The van der Waals surface area contributed by atoms with E-state index in [1.165, 1.54) is 12.1 Å². The van der Waals surface area contributed by atoms with Crippen molar-refractivity contribution in [2.24, 2.45) is 0 Å². The predicted octanol–water partition coefficient (Wildman–Crippen LogP) is 4.06. The van der Waals surface area contributed by atoms with Crippen LogP contribution < -0.4 is 5.32 Å². The van der Waals surface area contributed by atoms with E-state index in [4.69, 9.17) is 0 Å². The Balaban J connectivity index is 1.53. The van der Waals surface area contributed by atoms with E-state index < -0.39 is 11.7 Å². The molecule has 0 saturated carbocycles. The van der Waals surface area contributed by atoms with Crippen molar-refractivity contribution < 1.29 is 18.0 Å². The summed E-state index contributed by atoms with van der Waals surface area (Å²) in [6.07, 6.45) is -2.63. The molecule has 2 aromatic rings. The van der Waals surface area contributed by atoms with Crippen LogP contribution in [0.15, 0.2) is 48.5 Å². The standard InChI is InChI=1S/C24H30F3N3O/c1-3-22(28-17-23(31)30-14-12-29(2)13-15-30)16-18-4-6-19(7-5-18)20-8-10-21(11-9-20)24(25,26)27/h4-11,22,28H,3,12-17H2,1-2H3/t22-/m0/s1. The lowest BCUT2D eigenvalue weighted by Gasteiger charge is -2.33. The van der Waals surface area contributed by atoms with Crippen LogP contribution in [0, 0.1) is 0 Å². The maximum absolute atomic E-state index is 12.7. The zero-order chi connectivity index (χ0) is 22.4. The SMILES string of the molecule is CC[C@@H](Cc1ccc(-c2ccc(C(F)(F)F)cc2)cc1)NCC(=O)N1CCN(C)CC1. The molecule has 0 aliphatic carbocycles. The molecule has 31 heavy (non-hydrogen) atoms. The zero-order valence-corrected chi connectivity index (χ0v) is 18.1. The molecule has 1 atom stereocenters. The molecule has 1 fully saturated rings. The fourth-order valence-corrected chi connectivity index (χ4v) is 3.73. The van der Waals surface area contributed by atoms with Gasteiger partial charge in [0.2, 0.25) is 5.91 Å². The minimum absolute atomic E-state index is 0.143. The van der Waals surface area contributed by atoms with Gasteiger partial charge < -0.3 is 15.1 Å². The first kappa shape index (κ1) is 23.3. The van der Waals surface area contributed by atoms with Gasteiger partial charge in [0.1, 0.15) is 0 Å². The highest BCUT2D eigenvalue weighted by Crippen LogP contribution is 2.31. The first-order valence-electron chi connectivity index (χ1n) is 10.7. The number of carbonyl (C=O) groups is 1. The van der Waals surface area contributed by atoms with Crippen LogP contribution in [-0.4, -0.2) is 61.5 Å². The quantitative estimate of drug-likeness (QED) is 0.716. The third kappa shape index (κ3) is 6.55. The third-order valence-corrected chi connectivity index (χ3v) is 5.87. The minimum Gasteiger partial charge on any atom is -0.339 e. The van der Waals surface area contributed by atoms with Gasteiger partial charge in [0.15, 0.2) is 0 Å². The van der Waals surface area contributed by atoms with Gasteiger partial charge in [-0.3, -0.25) is 4.79 Å². The van der Waals surface area contributed by atoms with E-state index in [2.05, 4.69) is 24.2 Å². The van der Waals surface area contributed by atoms with Crippen molar-refractivity contribution in [2.45, 2.75) is 32.0 Å². The molecule has 3 rings (SSSR count). The van der Waals surface area contributed by atoms with Gasteiger partial charge in [-0.2, -0.15) is 13.2 Å². The van der Waals surface area contributed by atoms with Crippen LogP contribution in [0.3, 0.4) is 0 Å². The number of alkyl halides is 3. The number of rotatable bonds is 7. The summed E-state index contributed by atoms with van der Waals surface area (Å²) < 4.78 is 38.2. The van der Waals surface area contributed by atoms with Crippen molar-refractivity contribution in [1.82, 2.24) is 15.1 Å². The van der Waals surface area contributed by atoms with Crippen molar-refractivity contribution in [3.05, 3.63) is 59.7 Å². The Kier molecular flexibility index (Phi) is 7.73. The summed E-state index contributed by atoms with van der Waals surface area (Å²) >= 11 is 0. The lowest BCUT2D eigenvalue weighted by atomic mass is 9.99. The molecular weight excluding hydrogens is 403 g/mol. The molecule has 168 valence electrons. The number of likely N-dealkylation sites (N-methyl/N-ethyl adjacent to an activating group) is 1. The first-order chi connectivity index (χ1) is 14.8. The van der Waals surface area contributed by atoms with Crippen LogP contribution >= 0.6 is 0 Å². The van der Waals surface area contributed by atoms with Crippen LogP contribution in [0.5, 0.6) is 0 Å². The van der Waals surface area contributed by atoms with Gasteiger partial charge in [-0.15, -0.1) is 0 Å². The summed E-state index contributed by atoms with van der Waals surface area (Å²) in [6, 6.07) is 13.3. The topological polar surface area (TPSA) is 35.6 Å². The molecule has 0 bridgehead atoms. The van der Waals surface area contributed by atoms with Crippen molar-refractivity contribution in [3.8, 4) is 11.1 Å². The fraction of sp³-hybridized carbons (Fsp3) is 0.458. The number of nitrogens with zero attached hydrogens (tertiary/aromatic N) is 2. The molecule has 0 radical (unpaired) electrons. The number of halogens is 3. The van der Waals surface area contributed by atoms with Gasteiger partial charge in [-0.05, 0) is 48.7 Å². The van der Waals surface area contributed by atoms with Crippen LogP contribution in [0.25, 0.3) is 11.1 Å². The third-order valence-electron chi connectivity index (χ3n) is 5.87. The number of hydrogen-bond acceptors (Lipinski definition) is 3. The van der Waals surface area contributed by atoms with Gasteiger partial charge in [-0.1, -0.05) is 43.3 Å². The second-order valence-electron chi connectivity index (χ2n) is 8.15. The van der Waals surface area contributed by atoms with Crippen LogP contribution in [0.1, 0.15) is 24.5 Å². The number of amides is 1. The number of benzene rings is 2. The lowest BCUT2D eigenvalue weighted by molar-refractivity contribution is -0.137. The number of piperazine rings is 1. The van der Waals surface area contributed by atoms with Gasteiger partial charge in [0.25, 0.3) is 0 Å². The maximum Gasteiger partial charge on any atom is 0.416 e. The Morgan fingerprint density at radius 3 is 2.03 bits per heavy atom. The highest BCUT2D eigenvalue weighted by atomic mass is 19.4. The molecule has 1 saturated heterocycles. The van der Waals surface area contributed by atoms with E-state index in [1.807, 2.05) is 29.2 Å². The molecule has 0 spiro atoms. The van der Waals surface area contributed by atoms with Gasteiger partial charge in [0, 0.05) is 32.2 Å². The van der Waals surface area contributed by atoms with Crippen LogP contribution in [0.4, 0.5) is 13.2 Å². The maximum atomic E-state index is 12.7. The Bertz CT molecular complexity index is 842. The molecule has 4 nitrogen and oxygen atoms in total. The highest BCUT2D eigenvalue weighted by molar-refractivity contribution is 5.78. The molecule has 1 aliphatic rings. The monoisotopic (exact) mass is 433 g/mol. The molecule has 1 aliphatic heterocycles. The van der Waals surface area contributed by atoms with Crippen molar-refractivity contribution in [1.29, 1.82) is 0 Å². The van der Waals surface area contributed by atoms with Gasteiger partial charge >= 0.3 is 6.18 Å². The highest BCUT2D eigenvalue weighted by Gasteiger charge is 2.30. The second kappa shape index (κ2) is 10.3. The average Bonchev–Trinajstić information content (AvgIpc) is 2.77. The molecular formula is C24H30F3N3O. The largest absolute Gasteiger partial charge is 0.416 e. The fourth-order valence-electron chi connectivity index (χ4n) is 3.73. The first-order valence-corrected chi connectivity index (χ1v) is 10.7. The number of hydrogen-bond donors (Lipinski definition) is 1. The lowest BCUT2D eigenvalue weighted by Crippen LogP contribution is -2.50. The molecule has 1 heterocycles. The number of nitrogens with one attached hydrogen (secondary N) is 1. The predicted molar refractivity (Wildman–Crippen MR) is 117 cm³/mol. The van der Waals surface area contributed by atoms with Crippen molar-refractivity contribution in [2.75, 3.05) is 39.8 Å². The molecule has 7 heteroatoms. The van der Waals surface area contributed by atoms with E-state index in [0.717, 1.165) is 67.8 Å². The smallest absolute Gasteiger partial charge is 0.339 e. The Hall–Kier alpha value is -2.38. The summed E-state index contributed by atoms with van der Waals surface area (Å²) in [5.41, 5.74) is 2.11. The summed E-state index contributed by atoms with van der Waals surface area (Å²) in [5.74, 6) is 0.143. The molecule has 0 unspecified atom stereocenters. The zero-order valence-electron chi connectivity index (χ0n) is 18.1. The van der Waals surface area contributed by atoms with Crippen LogP contribution in [-0.2, 0) is 17.4 Å². The number of carbonyl (C=O) groups excluding carboxylic acids is 1. The van der Waals surface area contributed by atoms with E-state index in [0.29, 0.717) is 6.54 Å². The summed E-state index contributed by atoms with van der Waals surface area (Å²) in [6.45, 7) is 5.81. The van der Waals surface area contributed by atoms with Crippen molar-refractivity contribution in [3.63, 3.8) is 0 Å². The van der Waals surface area contributed by atoms with E-state index >= 15 is 0 Å². The van der Waals surface area contributed by atoms with E-state index in [9.17, 15) is 18.0 Å². The normalized spacial score (nSPS) is 16.4.